The van der Waals surface area contributed by atoms with Gasteiger partial charge in [-0.2, -0.15) is 0 Å². The number of rotatable bonds is 10. The van der Waals surface area contributed by atoms with E-state index >= 15 is 0 Å². The summed E-state index contributed by atoms with van der Waals surface area (Å²) in [6, 6.07) is 17.5. The summed E-state index contributed by atoms with van der Waals surface area (Å²) in [6.07, 6.45) is -0.180. The molecule has 0 aliphatic carbocycles. The first-order valence-electron chi connectivity index (χ1n) is 8.42. The molecular weight excluding hydrogens is 353 g/mol. The Hall–Kier alpha value is -2.14. The maximum absolute atomic E-state index is 13.2. The molecule has 0 spiro atoms. The number of benzene rings is 2. The molecule has 0 amide bonds. The van der Waals surface area contributed by atoms with E-state index in [-0.39, 0.29) is 13.0 Å². The average Bonchev–Trinajstić information content (AvgIpc) is 2.63. The third-order valence-electron chi connectivity index (χ3n) is 3.40. The van der Waals surface area contributed by atoms with Crippen LogP contribution in [-0.2, 0) is 25.4 Å². The summed E-state index contributed by atoms with van der Waals surface area (Å²) in [5, 5.41) is 2.75. The molecule has 0 fully saturated rings. The van der Waals surface area contributed by atoms with Crippen molar-refractivity contribution in [2.45, 2.75) is 26.5 Å². The van der Waals surface area contributed by atoms with Crippen LogP contribution in [0.15, 0.2) is 60.7 Å². The van der Waals surface area contributed by atoms with E-state index < -0.39 is 19.5 Å². The minimum Gasteiger partial charge on any atom is -0.465 e. The summed E-state index contributed by atoms with van der Waals surface area (Å²) in [4.78, 5) is 11.9. The first kappa shape index (κ1) is 20.2. The van der Waals surface area contributed by atoms with Crippen molar-refractivity contribution in [2.75, 3.05) is 13.0 Å². The van der Waals surface area contributed by atoms with Crippen molar-refractivity contribution >= 4 is 13.5 Å². The van der Waals surface area contributed by atoms with Crippen molar-refractivity contribution in [1.82, 2.24) is 5.09 Å². The highest BCUT2D eigenvalue weighted by Crippen LogP contribution is 2.43. The number of carbonyl (C=O) groups is 1. The molecule has 2 aromatic carbocycles. The number of nitrogens with one attached hydrogen (secondary N) is 1. The van der Waals surface area contributed by atoms with E-state index in [0.29, 0.717) is 12.4 Å². The minimum absolute atomic E-state index is 0.180. The van der Waals surface area contributed by atoms with Gasteiger partial charge in [0.2, 0.25) is 0 Å². The SMILES string of the molecule is CCOC(=O)C(C)N[P@](=O)(COCc1ccccc1)Oc1ccccc1. The van der Waals surface area contributed by atoms with Gasteiger partial charge in [-0.3, -0.25) is 9.36 Å². The van der Waals surface area contributed by atoms with E-state index in [1.165, 1.54) is 0 Å². The van der Waals surface area contributed by atoms with Crippen LogP contribution < -0.4 is 9.61 Å². The monoisotopic (exact) mass is 377 g/mol. The highest BCUT2D eigenvalue weighted by molar-refractivity contribution is 7.57. The topological polar surface area (TPSA) is 73.9 Å². The molecule has 1 unspecified atom stereocenters. The predicted molar refractivity (Wildman–Crippen MR) is 100 cm³/mol. The van der Waals surface area contributed by atoms with Crippen molar-refractivity contribution < 1.29 is 23.4 Å². The second kappa shape index (κ2) is 10.1. The first-order chi connectivity index (χ1) is 12.5. The normalized spacial score (nSPS) is 14.2. The third kappa shape index (κ3) is 6.64. The van der Waals surface area contributed by atoms with Gasteiger partial charge in [-0.05, 0) is 31.5 Å². The number of para-hydroxylation sites is 1. The zero-order valence-electron chi connectivity index (χ0n) is 15.0. The molecule has 0 saturated heterocycles. The molecule has 140 valence electrons. The smallest absolute Gasteiger partial charge is 0.342 e. The van der Waals surface area contributed by atoms with E-state index in [9.17, 15) is 9.36 Å². The molecule has 0 aromatic heterocycles. The lowest BCUT2D eigenvalue weighted by Crippen LogP contribution is -2.35. The van der Waals surface area contributed by atoms with E-state index in [2.05, 4.69) is 5.09 Å². The summed E-state index contributed by atoms with van der Waals surface area (Å²) in [5.74, 6) is -0.0600. The summed E-state index contributed by atoms with van der Waals surface area (Å²) in [5.41, 5.74) is 0.956. The van der Waals surface area contributed by atoms with Gasteiger partial charge in [-0.15, -0.1) is 0 Å². The Bertz CT molecular complexity index is 723. The largest absolute Gasteiger partial charge is 0.465 e. The fraction of sp³-hybridized carbons (Fsp3) is 0.316. The fourth-order valence-corrected chi connectivity index (χ4v) is 3.88. The van der Waals surface area contributed by atoms with Crippen LogP contribution in [0.3, 0.4) is 0 Å². The number of carbonyl (C=O) groups excluding carboxylic acids is 1. The molecule has 0 aliphatic rings. The van der Waals surface area contributed by atoms with Gasteiger partial charge in [0.05, 0.1) is 13.2 Å². The van der Waals surface area contributed by atoms with Gasteiger partial charge < -0.3 is 14.0 Å². The molecule has 2 atom stereocenters. The summed E-state index contributed by atoms with van der Waals surface area (Å²) >= 11 is 0. The van der Waals surface area contributed by atoms with Gasteiger partial charge in [0.1, 0.15) is 18.1 Å². The van der Waals surface area contributed by atoms with Crippen LogP contribution in [0.5, 0.6) is 5.75 Å². The van der Waals surface area contributed by atoms with Gasteiger partial charge in [0.15, 0.2) is 0 Å². The second-order valence-corrected chi connectivity index (χ2v) is 7.69. The van der Waals surface area contributed by atoms with Crippen molar-refractivity contribution in [2.24, 2.45) is 0 Å². The molecular formula is C19H24NO5P. The second-order valence-electron chi connectivity index (χ2n) is 5.64. The van der Waals surface area contributed by atoms with Crippen molar-refractivity contribution in [3.63, 3.8) is 0 Å². The molecule has 0 bridgehead atoms. The number of esters is 1. The highest BCUT2D eigenvalue weighted by atomic mass is 31.2. The summed E-state index contributed by atoms with van der Waals surface area (Å²) < 4.78 is 29.4. The molecule has 0 aliphatic heterocycles. The molecule has 2 aromatic rings. The maximum Gasteiger partial charge on any atom is 0.342 e. The van der Waals surface area contributed by atoms with Gasteiger partial charge in [-0.25, -0.2) is 5.09 Å². The number of hydrogen-bond acceptors (Lipinski definition) is 5. The number of hydrogen-bond donors (Lipinski definition) is 1. The zero-order chi connectivity index (χ0) is 18.8. The van der Waals surface area contributed by atoms with Gasteiger partial charge in [0.25, 0.3) is 0 Å². The molecule has 0 saturated carbocycles. The van der Waals surface area contributed by atoms with Crippen molar-refractivity contribution in [3.05, 3.63) is 66.2 Å². The Kier molecular flexibility index (Phi) is 7.85. The Balaban J connectivity index is 2.04. The first-order valence-corrected chi connectivity index (χ1v) is 10.2. The Morgan fingerprint density at radius 1 is 1.08 bits per heavy atom. The standard InChI is InChI=1S/C19H24NO5P/c1-3-24-19(21)16(2)20-26(22,25-18-12-8-5-9-13-18)15-23-14-17-10-6-4-7-11-17/h4-13,16H,3,14-15H2,1-2H3,(H,20,22)/t16?,26-/m0/s1. The van der Waals surface area contributed by atoms with Crippen LogP contribution in [0.2, 0.25) is 0 Å². The maximum atomic E-state index is 13.2. The van der Waals surface area contributed by atoms with E-state index in [4.69, 9.17) is 14.0 Å². The predicted octanol–water partition coefficient (Wildman–Crippen LogP) is 3.97. The van der Waals surface area contributed by atoms with Crippen LogP contribution in [-0.4, -0.2) is 25.0 Å². The third-order valence-corrected chi connectivity index (χ3v) is 5.21. The average molecular weight is 377 g/mol. The Morgan fingerprint density at radius 2 is 1.69 bits per heavy atom. The molecule has 0 heterocycles. The lowest BCUT2D eigenvalue weighted by Gasteiger charge is -2.23. The zero-order valence-corrected chi connectivity index (χ0v) is 15.9. The molecule has 26 heavy (non-hydrogen) atoms. The fourth-order valence-electron chi connectivity index (χ4n) is 2.21. The minimum atomic E-state index is -3.48. The van der Waals surface area contributed by atoms with Gasteiger partial charge in [-0.1, -0.05) is 48.5 Å². The van der Waals surface area contributed by atoms with Crippen LogP contribution in [0.25, 0.3) is 0 Å². The highest BCUT2D eigenvalue weighted by Gasteiger charge is 2.30. The summed E-state index contributed by atoms with van der Waals surface area (Å²) in [6.45, 7) is 3.83. The lowest BCUT2D eigenvalue weighted by atomic mass is 10.2. The molecule has 2 rings (SSSR count). The molecule has 6 nitrogen and oxygen atoms in total. The molecule has 1 N–H and O–H groups in total. The number of ether oxygens (including phenoxy) is 2. The quantitative estimate of drug-likeness (QED) is 0.499. The van der Waals surface area contributed by atoms with Crippen molar-refractivity contribution in [1.29, 1.82) is 0 Å². The van der Waals surface area contributed by atoms with E-state index in [0.717, 1.165) is 5.56 Å². The Labute approximate surface area is 154 Å². The summed E-state index contributed by atoms with van der Waals surface area (Å²) in [7, 11) is -3.48. The molecule has 0 radical (unpaired) electrons. The van der Waals surface area contributed by atoms with Crippen LogP contribution in [0, 0.1) is 0 Å². The van der Waals surface area contributed by atoms with E-state index in [1.807, 2.05) is 36.4 Å². The molecule has 7 heteroatoms. The van der Waals surface area contributed by atoms with Crippen LogP contribution in [0.1, 0.15) is 19.4 Å². The Morgan fingerprint density at radius 3 is 2.31 bits per heavy atom. The van der Waals surface area contributed by atoms with Gasteiger partial charge >= 0.3 is 13.5 Å². The van der Waals surface area contributed by atoms with Crippen LogP contribution >= 0.6 is 7.52 Å². The van der Waals surface area contributed by atoms with Gasteiger partial charge in [0, 0.05) is 0 Å². The van der Waals surface area contributed by atoms with Crippen molar-refractivity contribution in [3.8, 4) is 5.75 Å². The van der Waals surface area contributed by atoms with Crippen LogP contribution in [0.4, 0.5) is 0 Å². The lowest BCUT2D eigenvalue weighted by molar-refractivity contribution is -0.144. The van der Waals surface area contributed by atoms with E-state index in [1.54, 1.807) is 38.1 Å².